The predicted molar refractivity (Wildman–Crippen MR) is 177 cm³/mol. The molecular formula is C39H33F7O4. The molecule has 4 aromatic rings. The van der Waals surface area contributed by atoms with Crippen molar-refractivity contribution in [3.63, 3.8) is 0 Å². The van der Waals surface area contributed by atoms with E-state index in [1.54, 1.807) is 12.1 Å². The lowest BCUT2D eigenvalue weighted by molar-refractivity contribution is -0.359. The highest BCUT2D eigenvalue weighted by Gasteiger charge is 2.73. The van der Waals surface area contributed by atoms with E-state index in [0.717, 1.165) is 40.5 Å². The normalized spacial score (nSPS) is 11.9. The number of esters is 2. The van der Waals surface area contributed by atoms with E-state index in [4.69, 9.17) is 9.47 Å². The molecule has 0 bridgehead atoms. The first-order valence-electron chi connectivity index (χ1n) is 15.5. The zero-order chi connectivity index (χ0) is 36.5. The van der Waals surface area contributed by atoms with Crippen molar-refractivity contribution in [3.8, 4) is 33.4 Å². The van der Waals surface area contributed by atoms with Crippen molar-refractivity contribution in [2.75, 3.05) is 13.2 Å². The molecule has 0 aromatic heterocycles. The Morgan fingerprint density at radius 2 is 0.980 bits per heavy atom. The summed E-state index contributed by atoms with van der Waals surface area (Å²) >= 11 is 0. The van der Waals surface area contributed by atoms with Crippen LogP contribution in [0.25, 0.3) is 33.4 Å². The molecule has 0 aliphatic rings. The lowest BCUT2D eigenvalue weighted by Gasteiger charge is -2.28. The Kier molecular flexibility index (Phi) is 12.1. The zero-order valence-corrected chi connectivity index (χ0v) is 26.8. The summed E-state index contributed by atoms with van der Waals surface area (Å²) in [6.45, 7) is 7.13. The Labute approximate surface area is 284 Å². The van der Waals surface area contributed by atoms with Gasteiger partial charge in [-0.05, 0) is 94.5 Å². The van der Waals surface area contributed by atoms with Gasteiger partial charge in [0, 0.05) is 17.7 Å². The molecule has 0 radical (unpaired) electrons. The van der Waals surface area contributed by atoms with Gasteiger partial charge in [-0.25, -0.2) is 9.59 Å². The third kappa shape index (κ3) is 9.07. The molecule has 4 rings (SSSR count). The standard InChI is InChI=1S/C39H33F7O4/c1-3-35(47)49-20-6-8-26-12-16-28(17-13-26)31-22-32(29-18-14-27(15-19-29)9-7-21-50-36(48)4-2)24-33(23-31)30-10-5-11-34(25-30)37(40,41)38(42,43)39(44,45)46/h3-5,10-19,22-25H,1-2,6-9,20-21H2. The average molecular weight is 699 g/mol. The van der Waals surface area contributed by atoms with Crippen molar-refractivity contribution in [3.05, 3.63) is 133 Å². The Balaban J connectivity index is 1.68. The molecular weight excluding hydrogens is 665 g/mol. The minimum Gasteiger partial charge on any atom is -0.463 e. The van der Waals surface area contributed by atoms with Gasteiger partial charge in [-0.1, -0.05) is 79.9 Å². The van der Waals surface area contributed by atoms with Crippen molar-refractivity contribution in [2.45, 2.75) is 43.7 Å². The number of aryl methyl sites for hydroxylation is 2. The van der Waals surface area contributed by atoms with Crippen LogP contribution in [0.4, 0.5) is 30.7 Å². The Morgan fingerprint density at radius 1 is 0.560 bits per heavy atom. The molecule has 0 unspecified atom stereocenters. The number of benzene rings is 4. The second-order valence-electron chi connectivity index (χ2n) is 11.4. The van der Waals surface area contributed by atoms with Crippen LogP contribution in [0.3, 0.4) is 0 Å². The van der Waals surface area contributed by atoms with Gasteiger partial charge in [0.25, 0.3) is 0 Å². The van der Waals surface area contributed by atoms with Crippen LogP contribution in [0.15, 0.2) is 116 Å². The summed E-state index contributed by atoms with van der Waals surface area (Å²) in [5.74, 6) is -12.8. The number of hydrogen-bond acceptors (Lipinski definition) is 4. The highest BCUT2D eigenvalue weighted by molar-refractivity contribution is 5.82. The predicted octanol–water partition coefficient (Wildman–Crippen LogP) is 10.3. The maximum Gasteiger partial charge on any atom is 0.460 e. The smallest absolute Gasteiger partial charge is 0.460 e. The van der Waals surface area contributed by atoms with Gasteiger partial charge >= 0.3 is 30.0 Å². The SMILES string of the molecule is C=CC(=O)OCCCc1ccc(-c2cc(-c3ccc(CCCOC(=O)C=C)cc3)cc(-c3cccc(C(F)(F)C(F)(F)C(F)(F)F)c3)c2)cc1. The van der Waals surface area contributed by atoms with Gasteiger partial charge in [0.2, 0.25) is 0 Å². The topological polar surface area (TPSA) is 52.6 Å². The number of halogens is 7. The summed E-state index contributed by atoms with van der Waals surface area (Å²) in [6, 6.07) is 23.6. The van der Waals surface area contributed by atoms with Gasteiger partial charge in [-0.15, -0.1) is 0 Å². The van der Waals surface area contributed by atoms with Crippen LogP contribution in [-0.2, 0) is 37.8 Å². The van der Waals surface area contributed by atoms with E-state index in [0.29, 0.717) is 54.5 Å². The second kappa shape index (κ2) is 16.0. The van der Waals surface area contributed by atoms with Crippen molar-refractivity contribution >= 4 is 11.9 Å². The summed E-state index contributed by atoms with van der Waals surface area (Å²) < 4.78 is 106. The molecule has 11 heteroatoms. The van der Waals surface area contributed by atoms with Crippen LogP contribution >= 0.6 is 0 Å². The van der Waals surface area contributed by atoms with Gasteiger partial charge in [0.15, 0.2) is 0 Å². The molecule has 50 heavy (non-hydrogen) atoms. The van der Waals surface area contributed by atoms with Crippen LogP contribution in [0.2, 0.25) is 0 Å². The summed E-state index contributed by atoms with van der Waals surface area (Å²) in [6.07, 6.45) is -1.93. The van der Waals surface area contributed by atoms with Crippen LogP contribution in [-0.4, -0.2) is 37.3 Å². The molecule has 4 nitrogen and oxygen atoms in total. The molecule has 0 saturated carbocycles. The van der Waals surface area contributed by atoms with E-state index in [2.05, 4.69) is 13.2 Å². The van der Waals surface area contributed by atoms with Gasteiger partial charge in [-0.2, -0.15) is 30.7 Å². The average Bonchev–Trinajstić information content (AvgIpc) is 3.11. The van der Waals surface area contributed by atoms with Gasteiger partial charge in [0.05, 0.1) is 13.2 Å². The number of rotatable bonds is 15. The number of ether oxygens (including phenoxy) is 2. The molecule has 0 spiro atoms. The van der Waals surface area contributed by atoms with Crippen LogP contribution < -0.4 is 0 Å². The van der Waals surface area contributed by atoms with E-state index in [-0.39, 0.29) is 18.8 Å². The molecule has 0 atom stereocenters. The zero-order valence-electron chi connectivity index (χ0n) is 26.8. The molecule has 0 fully saturated rings. The van der Waals surface area contributed by atoms with Crippen LogP contribution in [0.5, 0.6) is 0 Å². The van der Waals surface area contributed by atoms with Crippen molar-refractivity contribution < 1.29 is 49.8 Å². The van der Waals surface area contributed by atoms with Crippen LogP contribution in [0.1, 0.15) is 29.5 Å². The molecule has 0 aliphatic carbocycles. The Morgan fingerprint density at radius 3 is 1.38 bits per heavy atom. The van der Waals surface area contributed by atoms with Crippen molar-refractivity contribution in [1.29, 1.82) is 0 Å². The van der Waals surface area contributed by atoms with Crippen LogP contribution in [0, 0.1) is 0 Å². The van der Waals surface area contributed by atoms with E-state index in [9.17, 15) is 40.3 Å². The van der Waals surface area contributed by atoms with Gasteiger partial charge < -0.3 is 9.47 Å². The quantitative estimate of drug-likeness (QED) is 0.0537. The molecule has 4 aromatic carbocycles. The number of hydrogen-bond donors (Lipinski definition) is 0. The highest BCUT2D eigenvalue weighted by Crippen LogP contribution is 2.52. The van der Waals surface area contributed by atoms with Gasteiger partial charge in [0.1, 0.15) is 0 Å². The maximum absolute atomic E-state index is 14.7. The summed E-state index contributed by atoms with van der Waals surface area (Å²) in [7, 11) is 0. The maximum atomic E-state index is 14.7. The molecule has 0 saturated heterocycles. The fourth-order valence-electron chi connectivity index (χ4n) is 5.12. The molecule has 262 valence electrons. The van der Waals surface area contributed by atoms with Crippen molar-refractivity contribution in [2.24, 2.45) is 0 Å². The number of carbonyl (C=O) groups is 2. The highest BCUT2D eigenvalue weighted by atomic mass is 19.4. The van der Waals surface area contributed by atoms with E-state index in [1.807, 2.05) is 54.6 Å². The Bertz CT molecular complexity index is 1720. The van der Waals surface area contributed by atoms with Crippen molar-refractivity contribution in [1.82, 2.24) is 0 Å². The first kappa shape index (κ1) is 37.6. The first-order valence-corrected chi connectivity index (χ1v) is 15.5. The fraction of sp³-hybridized carbons (Fsp3) is 0.231. The van der Waals surface area contributed by atoms with Gasteiger partial charge in [-0.3, -0.25) is 0 Å². The minimum atomic E-state index is -6.47. The largest absolute Gasteiger partial charge is 0.463 e. The molecule has 0 aliphatic heterocycles. The number of carbonyl (C=O) groups excluding carboxylic acids is 2. The van der Waals surface area contributed by atoms with E-state index in [1.165, 1.54) is 6.07 Å². The summed E-state index contributed by atoms with van der Waals surface area (Å²) in [5, 5.41) is 0. The Hall–Kier alpha value is -5.19. The second-order valence-corrected chi connectivity index (χ2v) is 11.4. The summed E-state index contributed by atoms with van der Waals surface area (Å²) in [5.41, 5.74) is 3.48. The lowest BCUT2D eigenvalue weighted by Crippen LogP contribution is -2.50. The van der Waals surface area contributed by atoms with E-state index >= 15 is 0 Å². The lowest BCUT2D eigenvalue weighted by atomic mass is 9.91. The minimum absolute atomic E-state index is 0.0135. The molecule has 0 amide bonds. The molecule has 0 heterocycles. The fourth-order valence-corrected chi connectivity index (χ4v) is 5.12. The monoisotopic (exact) mass is 698 g/mol. The number of alkyl halides is 7. The first-order chi connectivity index (χ1) is 23.7. The third-order valence-corrected chi connectivity index (χ3v) is 7.86. The molecule has 0 N–H and O–H groups in total. The third-order valence-electron chi connectivity index (χ3n) is 7.86. The summed E-state index contributed by atoms with van der Waals surface area (Å²) in [4.78, 5) is 22.5. The van der Waals surface area contributed by atoms with E-state index < -0.39 is 35.5 Å².